The number of carboxylic acid groups (broad SMARTS) is 2. The van der Waals surface area contributed by atoms with Gasteiger partial charge in [-0.15, -0.1) is 0 Å². The first-order valence-corrected chi connectivity index (χ1v) is 13.4. The number of carboxylic acids is 2. The van der Waals surface area contributed by atoms with Crippen molar-refractivity contribution in [2.75, 3.05) is 13.1 Å². The number of likely N-dealkylation sites (tertiary alicyclic amines) is 1. The SMILES string of the molecule is O=C(NCCCC[C@H](N[C@@H](CCc1ccccc1)C(=O)O)C(=O)N1CCC[C@H]1C(=O)O)OCc1ccccc1. The number of amides is 2. The average molecular weight is 540 g/mol. The van der Waals surface area contributed by atoms with Crippen LogP contribution in [0.25, 0.3) is 0 Å². The number of aliphatic carboxylic acids is 2. The molecule has 2 aromatic carbocycles. The molecule has 1 saturated heterocycles. The molecule has 1 aliphatic rings. The number of carbonyl (C=O) groups excluding carboxylic acids is 2. The van der Waals surface area contributed by atoms with Crippen molar-refractivity contribution in [1.82, 2.24) is 15.5 Å². The van der Waals surface area contributed by atoms with Crippen molar-refractivity contribution in [3.05, 3.63) is 71.8 Å². The van der Waals surface area contributed by atoms with Gasteiger partial charge in [0.25, 0.3) is 0 Å². The molecule has 0 bridgehead atoms. The van der Waals surface area contributed by atoms with Crippen LogP contribution in [0.5, 0.6) is 0 Å². The second-order valence-corrected chi connectivity index (χ2v) is 9.65. The second-order valence-electron chi connectivity index (χ2n) is 9.65. The molecule has 210 valence electrons. The highest BCUT2D eigenvalue weighted by Gasteiger charge is 2.38. The van der Waals surface area contributed by atoms with Crippen molar-refractivity contribution in [2.45, 2.75) is 69.7 Å². The number of carbonyl (C=O) groups is 4. The average Bonchev–Trinajstić information content (AvgIpc) is 3.44. The number of benzene rings is 2. The van der Waals surface area contributed by atoms with Crippen molar-refractivity contribution in [3.8, 4) is 0 Å². The van der Waals surface area contributed by atoms with E-state index in [0.717, 1.165) is 11.1 Å². The second kappa shape index (κ2) is 15.5. The van der Waals surface area contributed by atoms with Crippen LogP contribution in [0.2, 0.25) is 0 Å². The summed E-state index contributed by atoms with van der Waals surface area (Å²) in [5.41, 5.74) is 1.87. The third-order valence-electron chi connectivity index (χ3n) is 6.79. The number of aryl methyl sites for hydroxylation is 1. The molecule has 10 heteroatoms. The van der Waals surface area contributed by atoms with Crippen LogP contribution >= 0.6 is 0 Å². The Kier molecular flexibility index (Phi) is 11.8. The van der Waals surface area contributed by atoms with Crippen molar-refractivity contribution >= 4 is 23.9 Å². The van der Waals surface area contributed by atoms with E-state index < -0.39 is 42.1 Å². The highest BCUT2D eigenvalue weighted by Crippen LogP contribution is 2.20. The van der Waals surface area contributed by atoms with Crippen LogP contribution in [0.3, 0.4) is 0 Å². The van der Waals surface area contributed by atoms with Crippen molar-refractivity contribution in [3.63, 3.8) is 0 Å². The van der Waals surface area contributed by atoms with Gasteiger partial charge in [-0.1, -0.05) is 60.7 Å². The van der Waals surface area contributed by atoms with Gasteiger partial charge in [-0.25, -0.2) is 9.59 Å². The number of nitrogens with zero attached hydrogens (tertiary/aromatic N) is 1. The molecule has 0 spiro atoms. The van der Waals surface area contributed by atoms with E-state index in [1.807, 2.05) is 60.7 Å². The van der Waals surface area contributed by atoms with Gasteiger partial charge >= 0.3 is 18.0 Å². The number of hydrogen-bond donors (Lipinski definition) is 4. The predicted molar refractivity (Wildman–Crippen MR) is 144 cm³/mol. The number of hydrogen-bond acceptors (Lipinski definition) is 6. The number of unbranched alkanes of at least 4 members (excludes halogenated alkanes) is 1. The first-order valence-electron chi connectivity index (χ1n) is 13.4. The van der Waals surface area contributed by atoms with Crippen LogP contribution in [0.4, 0.5) is 4.79 Å². The molecule has 3 atom stereocenters. The van der Waals surface area contributed by atoms with E-state index in [4.69, 9.17) is 4.74 Å². The van der Waals surface area contributed by atoms with Crippen LogP contribution in [-0.2, 0) is 32.1 Å². The van der Waals surface area contributed by atoms with Crippen LogP contribution in [0, 0.1) is 0 Å². The Morgan fingerprint density at radius 2 is 1.56 bits per heavy atom. The zero-order chi connectivity index (χ0) is 28.0. The highest BCUT2D eigenvalue weighted by molar-refractivity contribution is 5.88. The van der Waals surface area contributed by atoms with Crippen molar-refractivity contribution in [2.24, 2.45) is 0 Å². The van der Waals surface area contributed by atoms with Crippen LogP contribution in [0.1, 0.15) is 49.7 Å². The Balaban J connectivity index is 1.54. The zero-order valence-corrected chi connectivity index (χ0v) is 22.0. The largest absolute Gasteiger partial charge is 0.480 e. The maximum Gasteiger partial charge on any atom is 0.407 e. The minimum Gasteiger partial charge on any atom is -0.480 e. The Bertz CT molecular complexity index is 1080. The lowest BCUT2D eigenvalue weighted by Gasteiger charge is -2.29. The van der Waals surface area contributed by atoms with Crippen molar-refractivity contribution in [1.29, 1.82) is 0 Å². The molecule has 0 saturated carbocycles. The molecule has 4 N–H and O–H groups in total. The fourth-order valence-corrected chi connectivity index (χ4v) is 4.68. The maximum atomic E-state index is 13.4. The Labute approximate surface area is 228 Å². The molecule has 1 fully saturated rings. The van der Waals surface area contributed by atoms with Gasteiger partial charge in [-0.05, 0) is 56.1 Å². The van der Waals surface area contributed by atoms with Gasteiger partial charge < -0.3 is 25.2 Å². The summed E-state index contributed by atoms with van der Waals surface area (Å²) < 4.78 is 5.19. The van der Waals surface area contributed by atoms with Gasteiger partial charge in [-0.3, -0.25) is 14.9 Å². The van der Waals surface area contributed by atoms with Crippen LogP contribution < -0.4 is 10.6 Å². The molecule has 10 nitrogen and oxygen atoms in total. The summed E-state index contributed by atoms with van der Waals surface area (Å²) in [6.45, 7) is 0.810. The number of nitrogens with one attached hydrogen (secondary N) is 2. The fraction of sp³-hybridized carbons (Fsp3) is 0.448. The van der Waals surface area contributed by atoms with Crippen LogP contribution in [-0.4, -0.2) is 70.3 Å². The monoisotopic (exact) mass is 539 g/mol. The topological polar surface area (TPSA) is 145 Å². The summed E-state index contributed by atoms with van der Waals surface area (Å²) in [5, 5.41) is 25.1. The third kappa shape index (κ3) is 9.72. The molecule has 3 rings (SSSR count). The van der Waals surface area contributed by atoms with E-state index in [-0.39, 0.29) is 13.0 Å². The summed E-state index contributed by atoms with van der Waals surface area (Å²) in [7, 11) is 0. The quantitative estimate of drug-likeness (QED) is 0.253. The van der Waals surface area contributed by atoms with E-state index in [1.165, 1.54) is 4.90 Å². The summed E-state index contributed by atoms with van der Waals surface area (Å²) in [4.78, 5) is 50.4. The Hall–Kier alpha value is -3.92. The molecule has 1 heterocycles. The summed E-state index contributed by atoms with van der Waals surface area (Å²) in [5.74, 6) is -2.53. The van der Waals surface area contributed by atoms with E-state index >= 15 is 0 Å². The molecule has 0 aliphatic carbocycles. The lowest BCUT2D eigenvalue weighted by atomic mass is 10.0. The van der Waals surface area contributed by atoms with E-state index in [1.54, 1.807) is 0 Å². The summed E-state index contributed by atoms with van der Waals surface area (Å²) >= 11 is 0. The number of alkyl carbamates (subject to hydrolysis) is 1. The van der Waals surface area contributed by atoms with Gasteiger partial charge in [0, 0.05) is 13.1 Å². The summed E-state index contributed by atoms with van der Waals surface area (Å²) in [6.07, 6.45) is 2.56. The normalized spacial score (nSPS) is 16.3. The zero-order valence-electron chi connectivity index (χ0n) is 22.0. The fourth-order valence-electron chi connectivity index (χ4n) is 4.68. The first kappa shape index (κ1) is 29.6. The van der Waals surface area contributed by atoms with E-state index in [0.29, 0.717) is 51.6 Å². The summed E-state index contributed by atoms with van der Waals surface area (Å²) in [6, 6.07) is 16.1. The highest BCUT2D eigenvalue weighted by atomic mass is 16.5. The minimum absolute atomic E-state index is 0.160. The first-order chi connectivity index (χ1) is 18.8. The minimum atomic E-state index is -1.07. The van der Waals surface area contributed by atoms with Gasteiger partial charge in [0.1, 0.15) is 18.7 Å². The predicted octanol–water partition coefficient (Wildman–Crippen LogP) is 3.20. The van der Waals surface area contributed by atoms with E-state index in [9.17, 15) is 29.4 Å². The van der Waals surface area contributed by atoms with Gasteiger partial charge in [-0.2, -0.15) is 0 Å². The van der Waals surface area contributed by atoms with Gasteiger partial charge in [0.15, 0.2) is 0 Å². The molecule has 2 amide bonds. The van der Waals surface area contributed by atoms with Crippen molar-refractivity contribution < 1.29 is 34.1 Å². The maximum absolute atomic E-state index is 13.4. The molecular formula is C29H37N3O7. The van der Waals surface area contributed by atoms with E-state index in [2.05, 4.69) is 10.6 Å². The molecular weight excluding hydrogens is 502 g/mol. The number of rotatable bonds is 15. The van der Waals surface area contributed by atoms with Gasteiger partial charge in [0.2, 0.25) is 5.91 Å². The van der Waals surface area contributed by atoms with Gasteiger partial charge in [0.05, 0.1) is 6.04 Å². The molecule has 2 aromatic rings. The smallest absolute Gasteiger partial charge is 0.407 e. The third-order valence-corrected chi connectivity index (χ3v) is 6.79. The number of ether oxygens (including phenoxy) is 1. The lowest BCUT2D eigenvalue weighted by molar-refractivity contribution is -0.149. The molecule has 1 aliphatic heterocycles. The Morgan fingerprint density at radius 1 is 0.897 bits per heavy atom. The standard InChI is InChI=1S/C29H37N3O7/c33-26(32-19-9-15-25(32)28(36)37)23(31-24(27(34)35)17-16-21-10-3-1-4-11-21)14-7-8-18-30-29(38)39-20-22-12-5-2-6-13-22/h1-6,10-13,23-25,31H,7-9,14-20H2,(H,30,38)(H,34,35)(H,36,37)/t23-,24-,25-/m0/s1. The Morgan fingerprint density at radius 3 is 2.21 bits per heavy atom. The molecule has 39 heavy (non-hydrogen) atoms. The lowest BCUT2D eigenvalue weighted by Crippen LogP contribution is -2.54. The molecule has 0 unspecified atom stereocenters. The van der Waals surface area contributed by atoms with Crippen LogP contribution in [0.15, 0.2) is 60.7 Å². The molecule has 0 radical (unpaired) electrons. The molecule has 0 aromatic heterocycles.